The van der Waals surface area contributed by atoms with E-state index in [4.69, 9.17) is 0 Å². The molecule has 0 fully saturated rings. The van der Waals surface area contributed by atoms with Crippen LogP contribution in [0, 0.1) is 0 Å². The number of rotatable bonds is 7. The molecule has 0 bridgehead atoms. The van der Waals surface area contributed by atoms with Crippen LogP contribution in [0.5, 0.6) is 0 Å². The van der Waals surface area contributed by atoms with Crippen LogP contribution in [0.2, 0.25) is 0 Å². The number of nitrogens with one attached hydrogen (secondary N) is 1. The molecule has 7 heteroatoms. The van der Waals surface area contributed by atoms with Crippen LogP contribution in [0.25, 0.3) is 11.0 Å². The smallest absolute Gasteiger partial charge is 0.335 e. The van der Waals surface area contributed by atoms with Gasteiger partial charge in [-0.3, -0.25) is 0 Å². The van der Waals surface area contributed by atoms with Crippen molar-refractivity contribution >= 4 is 28.6 Å². The Morgan fingerprint density at radius 1 is 1.09 bits per heavy atom. The maximum atomic E-state index is 14.2. The molecule has 0 amide bonds. The summed E-state index contributed by atoms with van der Waals surface area (Å²) in [6.07, 6.45) is 0.915. The number of fused-ring (bicyclic) bond motifs is 1. The minimum atomic E-state index is -2.99. The fourth-order valence-corrected chi connectivity index (χ4v) is 3.73. The van der Waals surface area contributed by atoms with Gasteiger partial charge in [0, 0.05) is 18.2 Å². The summed E-state index contributed by atoms with van der Waals surface area (Å²) >= 11 is 0. The molecule has 0 aliphatic carbocycles. The Morgan fingerprint density at radius 3 is 2.47 bits per heavy atom. The van der Waals surface area contributed by atoms with Gasteiger partial charge >= 0.3 is 5.97 Å². The zero-order valence-corrected chi connectivity index (χ0v) is 17.8. The van der Waals surface area contributed by atoms with E-state index in [1.54, 1.807) is 28.8 Å². The van der Waals surface area contributed by atoms with Crippen LogP contribution in [0.3, 0.4) is 0 Å². The summed E-state index contributed by atoms with van der Waals surface area (Å²) in [5.74, 6) is -3.60. The van der Waals surface area contributed by atoms with Gasteiger partial charge in [0.05, 0.1) is 23.1 Å². The quantitative estimate of drug-likeness (QED) is 0.363. The second-order valence-electron chi connectivity index (χ2n) is 7.75. The van der Waals surface area contributed by atoms with Gasteiger partial charge in [-0.2, -0.15) is 0 Å². The fraction of sp³-hybridized carbons (Fsp3) is 0.200. The number of carbonyl (C=O) groups is 1. The highest BCUT2D eigenvalue weighted by Crippen LogP contribution is 2.32. The van der Waals surface area contributed by atoms with Crippen LogP contribution >= 0.6 is 0 Å². The Bertz CT molecular complexity index is 1270. The van der Waals surface area contributed by atoms with E-state index in [1.165, 1.54) is 23.8 Å². The summed E-state index contributed by atoms with van der Waals surface area (Å²) in [5, 5.41) is 12.6. The monoisotopic (exact) mass is 435 g/mol. The van der Waals surface area contributed by atoms with Gasteiger partial charge in [-0.05, 0) is 47.9 Å². The third-order valence-corrected chi connectivity index (χ3v) is 5.43. The number of alkyl halides is 2. The number of hydrogen-bond acceptors (Lipinski definition) is 3. The average molecular weight is 435 g/mol. The number of anilines is 2. The molecule has 3 aromatic carbocycles. The van der Waals surface area contributed by atoms with E-state index in [2.05, 4.69) is 17.2 Å². The molecule has 4 rings (SSSR count). The summed E-state index contributed by atoms with van der Waals surface area (Å²) in [4.78, 5) is 16.0. The van der Waals surface area contributed by atoms with E-state index in [9.17, 15) is 18.7 Å². The first-order valence-corrected chi connectivity index (χ1v) is 10.3. The number of nitrogens with zero attached hydrogens (tertiary/aromatic N) is 2. The number of benzene rings is 3. The van der Waals surface area contributed by atoms with Crippen molar-refractivity contribution in [3.8, 4) is 0 Å². The van der Waals surface area contributed by atoms with Crippen molar-refractivity contribution < 1.29 is 18.7 Å². The largest absolute Gasteiger partial charge is 0.478 e. The molecule has 0 saturated carbocycles. The van der Waals surface area contributed by atoms with E-state index in [1.807, 2.05) is 24.3 Å². The Morgan fingerprint density at radius 2 is 1.81 bits per heavy atom. The number of aromatic nitrogens is 2. The first kappa shape index (κ1) is 21.5. The highest BCUT2D eigenvalue weighted by molar-refractivity contribution is 5.93. The molecule has 1 aromatic heterocycles. The number of carboxylic acid groups (broad SMARTS) is 1. The van der Waals surface area contributed by atoms with Crippen LogP contribution < -0.4 is 5.32 Å². The normalized spacial score (nSPS) is 11.6. The minimum Gasteiger partial charge on any atom is -0.478 e. The highest BCUT2D eigenvalue weighted by Gasteiger charge is 2.27. The van der Waals surface area contributed by atoms with Crippen LogP contribution in [0.15, 0.2) is 66.7 Å². The van der Waals surface area contributed by atoms with E-state index >= 15 is 0 Å². The van der Waals surface area contributed by atoms with Crippen molar-refractivity contribution in [3.63, 3.8) is 0 Å². The second kappa shape index (κ2) is 8.42. The van der Waals surface area contributed by atoms with Gasteiger partial charge in [-0.1, -0.05) is 43.3 Å². The minimum absolute atomic E-state index is 0.0535. The van der Waals surface area contributed by atoms with Crippen molar-refractivity contribution in [1.82, 2.24) is 9.55 Å². The first-order chi connectivity index (χ1) is 15.3. The van der Waals surface area contributed by atoms with Crippen LogP contribution in [-0.4, -0.2) is 20.6 Å². The van der Waals surface area contributed by atoms with Gasteiger partial charge in [0.25, 0.3) is 5.92 Å². The first-order valence-electron chi connectivity index (χ1n) is 10.3. The summed E-state index contributed by atoms with van der Waals surface area (Å²) in [6, 6.07) is 18.9. The molecule has 4 aromatic rings. The molecular formula is C25H23F2N3O2. The molecule has 2 N–H and O–H groups in total. The zero-order chi connectivity index (χ0) is 22.9. The summed E-state index contributed by atoms with van der Waals surface area (Å²) in [6.45, 7) is 3.10. The second-order valence-corrected chi connectivity index (χ2v) is 7.75. The fourth-order valence-electron chi connectivity index (χ4n) is 3.73. The number of aromatic carboxylic acids is 1. The van der Waals surface area contributed by atoms with Gasteiger partial charge in [-0.15, -0.1) is 0 Å². The maximum absolute atomic E-state index is 14.2. The number of carboxylic acids is 1. The van der Waals surface area contributed by atoms with Gasteiger partial charge in [0.2, 0.25) is 5.95 Å². The maximum Gasteiger partial charge on any atom is 0.335 e. The van der Waals surface area contributed by atoms with Crippen molar-refractivity contribution in [3.05, 3.63) is 89.0 Å². The molecule has 0 saturated heterocycles. The van der Waals surface area contributed by atoms with Crippen molar-refractivity contribution in [2.75, 3.05) is 5.32 Å². The number of imidazole rings is 1. The molecule has 164 valence electrons. The Labute approximate surface area is 184 Å². The standard InChI is InChI=1S/C25H23F2N3O2/c1-3-16-8-11-19(12-9-16)28-24-29-21-14-17(23(31)32)10-13-22(21)30(24)15-18-6-4-5-7-20(18)25(2,26)27/h4-14H,3,15H2,1-2H3,(H,28,29)(H,31,32). The van der Waals surface area contributed by atoms with Crippen LogP contribution in [-0.2, 0) is 18.9 Å². The Balaban J connectivity index is 1.82. The molecule has 5 nitrogen and oxygen atoms in total. The lowest BCUT2D eigenvalue weighted by molar-refractivity contribution is 0.0164. The SMILES string of the molecule is CCc1ccc(Nc2nc3cc(C(=O)O)ccc3n2Cc2ccccc2C(C)(F)F)cc1. The van der Waals surface area contributed by atoms with Gasteiger partial charge in [-0.25, -0.2) is 18.6 Å². The number of hydrogen-bond donors (Lipinski definition) is 2. The van der Waals surface area contributed by atoms with E-state index < -0.39 is 11.9 Å². The Hall–Kier alpha value is -3.74. The van der Waals surface area contributed by atoms with E-state index in [0.717, 1.165) is 19.0 Å². The number of halogens is 2. The molecule has 0 aliphatic rings. The zero-order valence-electron chi connectivity index (χ0n) is 17.8. The van der Waals surface area contributed by atoms with Gasteiger partial charge in [0.1, 0.15) is 0 Å². The van der Waals surface area contributed by atoms with Crippen LogP contribution in [0.4, 0.5) is 20.4 Å². The molecule has 0 radical (unpaired) electrons. The lowest BCUT2D eigenvalue weighted by Gasteiger charge is -2.18. The summed E-state index contributed by atoms with van der Waals surface area (Å²) in [7, 11) is 0. The molecular weight excluding hydrogens is 412 g/mol. The molecule has 0 atom stereocenters. The predicted molar refractivity (Wildman–Crippen MR) is 121 cm³/mol. The number of aryl methyl sites for hydroxylation is 1. The highest BCUT2D eigenvalue weighted by atomic mass is 19.3. The van der Waals surface area contributed by atoms with Crippen molar-refractivity contribution in [2.24, 2.45) is 0 Å². The topological polar surface area (TPSA) is 67.2 Å². The molecule has 0 unspecified atom stereocenters. The van der Waals surface area contributed by atoms with Gasteiger partial charge < -0.3 is 15.0 Å². The summed E-state index contributed by atoms with van der Waals surface area (Å²) in [5.41, 5.74) is 3.63. The average Bonchev–Trinajstić information content (AvgIpc) is 3.10. The molecule has 32 heavy (non-hydrogen) atoms. The summed E-state index contributed by atoms with van der Waals surface area (Å²) < 4.78 is 30.2. The predicted octanol–water partition coefficient (Wildman–Crippen LogP) is 6.20. The molecule has 0 aliphatic heterocycles. The third kappa shape index (κ3) is 4.32. The van der Waals surface area contributed by atoms with Crippen molar-refractivity contribution in [1.29, 1.82) is 0 Å². The van der Waals surface area contributed by atoms with Crippen LogP contribution in [0.1, 0.15) is 40.9 Å². The molecule has 1 heterocycles. The lowest BCUT2D eigenvalue weighted by atomic mass is 10.0. The van der Waals surface area contributed by atoms with E-state index in [0.29, 0.717) is 22.5 Å². The molecule has 0 spiro atoms. The Kier molecular flexibility index (Phi) is 5.65. The van der Waals surface area contributed by atoms with Crippen molar-refractivity contribution in [2.45, 2.75) is 32.7 Å². The van der Waals surface area contributed by atoms with E-state index in [-0.39, 0.29) is 17.7 Å². The van der Waals surface area contributed by atoms with Gasteiger partial charge in [0.15, 0.2) is 0 Å². The lowest BCUT2D eigenvalue weighted by Crippen LogP contribution is -2.14. The third-order valence-electron chi connectivity index (χ3n) is 5.43.